The molecule has 0 aliphatic rings. The highest BCUT2D eigenvalue weighted by Gasteiger charge is 2.20. The maximum atomic E-state index is 11.1. The maximum Gasteiger partial charge on any atom is 0.305 e. The van der Waals surface area contributed by atoms with Crippen molar-refractivity contribution in [1.82, 2.24) is 5.32 Å². The molecular formula is C13H13NO4. The lowest BCUT2D eigenvalue weighted by molar-refractivity contribution is -0.137. The maximum absolute atomic E-state index is 11.1. The molecule has 5 nitrogen and oxygen atoms in total. The molecule has 1 atom stereocenters. The van der Waals surface area contributed by atoms with Crippen molar-refractivity contribution in [1.29, 1.82) is 0 Å². The minimum Gasteiger partial charge on any atom is -0.481 e. The van der Waals surface area contributed by atoms with Gasteiger partial charge in [0.2, 0.25) is 5.91 Å². The summed E-state index contributed by atoms with van der Waals surface area (Å²) in [6.45, 7) is 1.34. The van der Waals surface area contributed by atoms with E-state index in [1.807, 2.05) is 18.2 Å². The number of fused-ring (bicyclic) bond motifs is 1. The molecule has 2 N–H and O–H groups in total. The van der Waals surface area contributed by atoms with Crippen molar-refractivity contribution in [3.63, 3.8) is 0 Å². The monoisotopic (exact) mass is 247 g/mol. The van der Waals surface area contributed by atoms with Gasteiger partial charge in [0.25, 0.3) is 0 Å². The highest BCUT2D eigenvalue weighted by Crippen LogP contribution is 2.25. The molecule has 1 amide bonds. The van der Waals surface area contributed by atoms with E-state index < -0.39 is 12.0 Å². The molecule has 0 fully saturated rings. The van der Waals surface area contributed by atoms with Crippen LogP contribution in [-0.2, 0) is 9.59 Å². The molecule has 2 aromatic rings. The van der Waals surface area contributed by atoms with Crippen molar-refractivity contribution < 1.29 is 19.1 Å². The summed E-state index contributed by atoms with van der Waals surface area (Å²) in [6.07, 6.45) is -0.209. The molecule has 0 spiro atoms. The number of amides is 1. The van der Waals surface area contributed by atoms with Crippen molar-refractivity contribution in [2.45, 2.75) is 19.4 Å². The van der Waals surface area contributed by atoms with Crippen LogP contribution < -0.4 is 5.32 Å². The number of rotatable bonds is 4. The van der Waals surface area contributed by atoms with Crippen molar-refractivity contribution in [2.24, 2.45) is 0 Å². The van der Waals surface area contributed by atoms with Crippen molar-refractivity contribution in [3.05, 3.63) is 36.1 Å². The van der Waals surface area contributed by atoms with Gasteiger partial charge in [-0.1, -0.05) is 18.2 Å². The van der Waals surface area contributed by atoms with E-state index in [0.29, 0.717) is 11.3 Å². The average Bonchev–Trinajstić information content (AvgIpc) is 2.70. The molecule has 0 aliphatic carbocycles. The molecule has 5 heteroatoms. The largest absolute Gasteiger partial charge is 0.481 e. The van der Waals surface area contributed by atoms with E-state index in [9.17, 15) is 9.59 Å². The summed E-state index contributed by atoms with van der Waals surface area (Å²) in [4.78, 5) is 21.9. The van der Waals surface area contributed by atoms with Gasteiger partial charge in [0.1, 0.15) is 11.3 Å². The molecule has 1 aromatic heterocycles. The van der Waals surface area contributed by atoms with Gasteiger partial charge in [-0.15, -0.1) is 0 Å². The van der Waals surface area contributed by atoms with E-state index in [2.05, 4.69) is 5.32 Å². The highest BCUT2D eigenvalue weighted by atomic mass is 16.4. The molecule has 0 saturated carbocycles. The van der Waals surface area contributed by atoms with E-state index in [0.717, 1.165) is 5.39 Å². The second-order valence-electron chi connectivity index (χ2n) is 4.04. The first-order chi connectivity index (χ1) is 8.56. The van der Waals surface area contributed by atoms with E-state index >= 15 is 0 Å². The molecule has 94 valence electrons. The molecule has 0 saturated heterocycles. The van der Waals surface area contributed by atoms with Crippen LogP contribution in [0, 0.1) is 0 Å². The van der Waals surface area contributed by atoms with Crippen molar-refractivity contribution >= 4 is 22.8 Å². The first-order valence-corrected chi connectivity index (χ1v) is 5.53. The summed E-state index contributed by atoms with van der Waals surface area (Å²) in [7, 11) is 0. The third kappa shape index (κ3) is 2.68. The van der Waals surface area contributed by atoms with Crippen LogP contribution in [0.15, 0.2) is 34.7 Å². The zero-order valence-electron chi connectivity index (χ0n) is 9.84. The van der Waals surface area contributed by atoms with Crippen LogP contribution in [0.1, 0.15) is 25.1 Å². The molecule has 2 rings (SSSR count). The molecule has 0 bridgehead atoms. The Morgan fingerprint density at radius 3 is 2.72 bits per heavy atom. The van der Waals surface area contributed by atoms with Gasteiger partial charge in [0.15, 0.2) is 0 Å². The third-order valence-corrected chi connectivity index (χ3v) is 2.54. The first-order valence-electron chi connectivity index (χ1n) is 5.53. The second kappa shape index (κ2) is 4.91. The minimum absolute atomic E-state index is 0.209. The predicted octanol–water partition coefficient (Wildman–Crippen LogP) is 2.08. The van der Waals surface area contributed by atoms with Gasteiger partial charge < -0.3 is 14.8 Å². The average molecular weight is 247 g/mol. The lowest BCUT2D eigenvalue weighted by Gasteiger charge is -2.12. The lowest BCUT2D eigenvalue weighted by Crippen LogP contribution is -2.27. The van der Waals surface area contributed by atoms with E-state index in [4.69, 9.17) is 9.52 Å². The van der Waals surface area contributed by atoms with Crippen LogP contribution >= 0.6 is 0 Å². The number of nitrogens with one attached hydrogen (secondary N) is 1. The second-order valence-corrected chi connectivity index (χ2v) is 4.04. The van der Waals surface area contributed by atoms with Gasteiger partial charge >= 0.3 is 5.97 Å². The highest BCUT2D eigenvalue weighted by molar-refractivity contribution is 5.79. The quantitative estimate of drug-likeness (QED) is 0.866. The predicted molar refractivity (Wildman–Crippen MR) is 65.0 cm³/mol. The number of carbonyl (C=O) groups is 2. The molecule has 0 unspecified atom stereocenters. The lowest BCUT2D eigenvalue weighted by atomic mass is 10.1. The summed E-state index contributed by atoms with van der Waals surface area (Å²) in [5, 5.41) is 12.3. The number of carboxylic acid groups (broad SMARTS) is 1. The molecular weight excluding hydrogens is 234 g/mol. The summed E-state index contributed by atoms with van der Waals surface area (Å²) >= 11 is 0. The minimum atomic E-state index is -0.991. The first kappa shape index (κ1) is 12.2. The normalized spacial score (nSPS) is 12.3. The molecule has 0 aliphatic heterocycles. The van der Waals surface area contributed by atoms with Gasteiger partial charge in [-0.2, -0.15) is 0 Å². The van der Waals surface area contributed by atoms with Crippen LogP contribution in [0.2, 0.25) is 0 Å². The van der Waals surface area contributed by atoms with Gasteiger partial charge in [-0.3, -0.25) is 9.59 Å². The SMILES string of the molecule is CC(=O)N[C@H](CC(=O)O)c1cc2ccccc2o1. The van der Waals surface area contributed by atoms with Crippen molar-refractivity contribution in [3.8, 4) is 0 Å². The van der Waals surface area contributed by atoms with Gasteiger partial charge in [0, 0.05) is 12.3 Å². The zero-order valence-corrected chi connectivity index (χ0v) is 9.84. The fourth-order valence-electron chi connectivity index (χ4n) is 1.82. The molecule has 1 aromatic carbocycles. The van der Waals surface area contributed by atoms with E-state index in [1.54, 1.807) is 12.1 Å². The number of hydrogen-bond donors (Lipinski definition) is 2. The fourth-order valence-corrected chi connectivity index (χ4v) is 1.82. The number of furan rings is 1. The van der Waals surface area contributed by atoms with Crippen LogP contribution in [0.25, 0.3) is 11.0 Å². The van der Waals surface area contributed by atoms with Crippen LogP contribution in [0.4, 0.5) is 0 Å². The zero-order chi connectivity index (χ0) is 13.1. The standard InChI is InChI=1S/C13H13NO4/c1-8(15)14-10(7-13(16)17)12-6-9-4-2-3-5-11(9)18-12/h2-6,10H,7H2,1H3,(H,14,15)(H,16,17)/t10-/m1/s1. The number of benzene rings is 1. The summed E-state index contributed by atoms with van der Waals surface area (Å²) in [5.41, 5.74) is 0.674. The molecule has 0 radical (unpaired) electrons. The Bertz CT molecular complexity index is 538. The number of carboxylic acids is 1. The topological polar surface area (TPSA) is 79.5 Å². The Morgan fingerprint density at radius 2 is 2.11 bits per heavy atom. The Balaban J connectivity index is 2.33. The smallest absolute Gasteiger partial charge is 0.305 e. The number of aliphatic carboxylic acids is 1. The summed E-state index contributed by atoms with van der Waals surface area (Å²) < 4.78 is 5.55. The van der Waals surface area contributed by atoms with E-state index in [1.165, 1.54) is 6.92 Å². The number of hydrogen-bond acceptors (Lipinski definition) is 3. The van der Waals surface area contributed by atoms with Gasteiger partial charge in [-0.05, 0) is 12.1 Å². The van der Waals surface area contributed by atoms with Crippen molar-refractivity contribution in [2.75, 3.05) is 0 Å². The van der Waals surface area contributed by atoms with Crippen LogP contribution in [-0.4, -0.2) is 17.0 Å². The van der Waals surface area contributed by atoms with E-state index in [-0.39, 0.29) is 12.3 Å². The Kier molecular flexibility index (Phi) is 3.32. The summed E-state index contributed by atoms with van der Waals surface area (Å²) in [5.74, 6) is -0.829. The van der Waals surface area contributed by atoms with Gasteiger partial charge in [-0.25, -0.2) is 0 Å². The Morgan fingerprint density at radius 1 is 1.39 bits per heavy atom. The fraction of sp³-hybridized carbons (Fsp3) is 0.231. The Hall–Kier alpha value is -2.30. The molecule has 1 heterocycles. The molecule has 18 heavy (non-hydrogen) atoms. The van der Waals surface area contributed by atoms with Crippen LogP contribution in [0.5, 0.6) is 0 Å². The van der Waals surface area contributed by atoms with Gasteiger partial charge in [0.05, 0.1) is 12.5 Å². The number of para-hydroxylation sites is 1. The summed E-state index contributed by atoms with van der Waals surface area (Å²) in [6, 6.07) is 8.47. The Labute approximate surface area is 103 Å². The number of carbonyl (C=O) groups excluding carboxylic acids is 1. The van der Waals surface area contributed by atoms with Crippen LogP contribution in [0.3, 0.4) is 0 Å². The third-order valence-electron chi connectivity index (χ3n) is 2.54.